The van der Waals surface area contributed by atoms with Crippen molar-refractivity contribution in [3.63, 3.8) is 0 Å². The van der Waals surface area contributed by atoms with Crippen molar-refractivity contribution in [3.05, 3.63) is 53.3 Å². The molecular weight excluding hydrogens is 278 g/mol. The summed E-state index contributed by atoms with van der Waals surface area (Å²) in [5.41, 5.74) is 3.57. The summed E-state index contributed by atoms with van der Waals surface area (Å²) >= 11 is 0. The number of rotatable bonds is 4. The van der Waals surface area contributed by atoms with Crippen LogP contribution in [0.5, 0.6) is 0 Å². The highest BCUT2D eigenvalue weighted by Crippen LogP contribution is 2.28. The fraction of sp³-hybridized carbons (Fsp3) is 0.412. The van der Waals surface area contributed by atoms with Gasteiger partial charge in [0.2, 0.25) is 5.91 Å². The summed E-state index contributed by atoms with van der Waals surface area (Å²) in [6, 6.07) is 10.3. The molecule has 1 aromatic carbocycles. The summed E-state index contributed by atoms with van der Waals surface area (Å²) < 4.78 is 0. The molecule has 5 nitrogen and oxygen atoms in total. The minimum absolute atomic E-state index is 0.186. The molecule has 1 aromatic heterocycles. The van der Waals surface area contributed by atoms with Crippen LogP contribution >= 0.6 is 0 Å². The standard InChI is InChI=1S/C17H21N3O2/c21-12-16(22)20-8-4-7-14(11-20)17-15(10-18-19-17)9-13-5-2-1-3-6-13/h1-3,5-6,10,14,21H,4,7-9,11-12H2,(H,18,19). The summed E-state index contributed by atoms with van der Waals surface area (Å²) in [4.78, 5) is 13.5. The molecule has 1 saturated heterocycles. The summed E-state index contributed by atoms with van der Waals surface area (Å²) in [6.07, 6.45) is 4.73. The average Bonchev–Trinajstić information content (AvgIpc) is 3.03. The molecule has 1 aliphatic rings. The van der Waals surface area contributed by atoms with E-state index in [0.29, 0.717) is 6.54 Å². The number of piperidine rings is 1. The molecule has 0 spiro atoms. The van der Waals surface area contributed by atoms with E-state index in [1.54, 1.807) is 4.90 Å². The zero-order chi connectivity index (χ0) is 15.4. The zero-order valence-electron chi connectivity index (χ0n) is 12.5. The number of carbonyl (C=O) groups excluding carboxylic acids is 1. The van der Waals surface area contributed by atoms with Gasteiger partial charge in [-0.1, -0.05) is 30.3 Å². The Morgan fingerprint density at radius 2 is 2.18 bits per heavy atom. The van der Waals surface area contributed by atoms with Gasteiger partial charge in [0.1, 0.15) is 6.61 Å². The Kier molecular flexibility index (Phi) is 4.53. The van der Waals surface area contributed by atoms with Crippen LogP contribution in [0.25, 0.3) is 0 Å². The van der Waals surface area contributed by atoms with Crippen LogP contribution in [0.1, 0.15) is 35.6 Å². The van der Waals surface area contributed by atoms with Gasteiger partial charge in [-0.05, 0) is 24.0 Å². The number of hydrogen-bond donors (Lipinski definition) is 2. The first kappa shape index (κ1) is 14.8. The highest BCUT2D eigenvalue weighted by atomic mass is 16.3. The number of H-pyrrole nitrogens is 1. The molecule has 1 unspecified atom stereocenters. The quantitative estimate of drug-likeness (QED) is 0.903. The van der Waals surface area contributed by atoms with Crippen LogP contribution in [0.2, 0.25) is 0 Å². The van der Waals surface area contributed by atoms with Crippen molar-refractivity contribution >= 4 is 5.91 Å². The van der Waals surface area contributed by atoms with E-state index < -0.39 is 6.61 Å². The molecule has 116 valence electrons. The van der Waals surface area contributed by atoms with Crippen molar-refractivity contribution in [2.45, 2.75) is 25.2 Å². The average molecular weight is 299 g/mol. The molecule has 1 amide bonds. The van der Waals surface area contributed by atoms with E-state index >= 15 is 0 Å². The fourth-order valence-electron chi connectivity index (χ4n) is 3.17. The van der Waals surface area contributed by atoms with E-state index in [1.165, 1.54) is 11.1 Å². The summed E-state index contributed by atoms with van der Waals surface area (Å²) in [7, 11) is 0. The number of nitrogens with one attached hydrogen (secondary N) is 1. The van der Waals surface area contributed by atoms with Crippen molar-refractivity contribution in [1.82, 2.24) is 15.1 Å². The molecule has 2 N–H and O–H groups in total. The molecule has 1 aliphatic heterocycles. The Balaban J connectivity index is 1.75. The monoisotopic (exact) mass is 299 g/mol. The number of carbonyl (C=O) groups is 1. The maximum absolute atomic E-state index is 11.7. The minimum atomic E-state index is -0.410. The third-order valence-corrected chi connectivity index (χ3v) is 4.31. The normalized spacial score (nSPS) is 18.4. The molecule has 22 heavy (non-hydrogen) atoms. The molecule has 1 atom stereocenters. The van der Waals surface area contributed by atoms with Crippen LogP contribution in [0, 0.1) is 0 Å². The van der Waals surface area contributed by atoms with Gasteiger partial charge in [-0.2, -0.15) is 5.10 Å². The van der Waals surface area contributed by atoms with Crippen LogP contribution in [-0.2, 0) is 11.2 Å². The fourth-order valence-corrected chi connectivity index (χ4v) is 3.17. The summed E-state index contributed by atoms with van der Waals surface area (Å²) in [6.45, 7) is 0.980. The number of nitrogens with zero attached hydrogens (tertiary/aromatic N) is 2. The molecule has 3 rings (SSSR count). The molecule has 2 heterocycles. The number of likely N-dealkylation sites (tertiary alicyclic amines) is 1. The maximum Gasteiger partial charge on any atom is 0.248 e. The summed E-state index contributed by atoms with van der Waals surface area (Å²) in [5, 5.41) is 16.4. The first-order chi connectivity index (χ1) is 10.8. The number of aliphatic hydroxyl groups excluding tert-OH is 1. The zero-order valence-corrected chi connectivity index (χ0v) is 12.5. The Bertz CT molecular complexity index is 624. The van der Waals surface area contributed by atoms with Gasteiger partial charge < -0.3 is 10.0 Å². The van der Waals surface area contributed by atoms with Gasteiger partial charge in [0.15, 0.2) is 0 Å². The van der Waals surface area contributed by atoms with Gasteiger partial charge >= 0.3 is 0 Å². The lowest BCUT2D eigenvalue weighted by Gasteiger charge is -2.32. The Morgan fingerprint density at radius 1 is 1.36 bits per heavy atom. The molecule has 0 saturated carbocycles. The van der Waals surface area contributed by atoms with Gasteiger partial charge in [0.25, 0.3) is 0 Å². The van der Waals surface area contributed by atoms with Gasteiger partial charge in [-0.15, -0.1) is 0 Å². The molecule has 0 bridgehead atoms. The van der Waals surface area contributed by atoms with E-state index in [9.17, 15) is 4.79 Å². The largest absolute Gasteiger partial charge is 0.387 e. The van der Waals surface area contributed by atoms with Crippen molar-refractivity contribution in [3.8, 4) is 0 Å². The Morgan fingerprint density at radius 3 is 2.95 bits per heavy atom. The molecular formula is C17H21N3O2. The third-order valence-electron chi connectivity index (χ3n) is 4.31. The van der Waals surface area contributed by atoms with Gasteiger partial charge in [0, 0.05) is 31.1 Å². The molecule has 1 fully saturated rings. The smallest absolute Gasteiger partial charge is 0.248 e. The predicted octanol–water partition coefficient (Wildman–Crippen LogP) is 1.70. The molecule has 2 aromatic rings. The highest BCUT2D eigenvalue weighted by molar-refractivity contribution is 5.77. The second-order valence-corrected chi connectivity index (χ2v) is 5.81. The minimum Gasteiger partial charge on any atom is -0.387 e. The Hall–Kier alpha value is -2.14. The van der Waals surface area contributed by atoms with Crippen molar-refractivity contribution in [2.24, 2.45) is 0 Å². The topological polar surface area (TPSA) is 69.2 Å². The van der Waals surface area contributed by atoms with E-state index in [0.717, 1.165) is 31.5 Å². The second-order valence-electron chi connectivity index (χ2n) is 5.81. The predicted molar refractivity (Wildman–Crippen MR) is 83.5 cm³/mol. The molecule has 5 heteroatoms. The van der Waals surface area contributed by atoms with E-state index in [-0.39, 0.29) is 11.8 Å². The van der Waals surface area contributed by atoms with Crippen LogP contribution in [-0.4, -0.2) is 45.8 Å². The van der Waals surface area contributed by atoms with Gasteiger partial charge in [0.05, 0.1) is 6.20 Å². The van der Waals surface area contributed by atoms with E-state index in [1.807, 2.05) is 24.4 Å². The van der Waals surface area contributed by atoms with Crippen molar-refractivity contribution in [2.75, 3.05) is 19.7 Å². The van der Waals surface area contributed by atoms with Crippen LogP contribution in [0.15, 0.2) is 36.5 Å². The molecule has 0 radical (unpaired) electrons. The number of aromatic amines is 1. The lowest BCUT2D eigenvalue weighted by atomic mass is 9.91. The lowest BCUT2D eigenvalue weighted by molar-refractivity contribution is -0.135. The van der Waals surface area contributed by atoms with Crippen molar-refractivity contribution < 1.29 is 9.90 Å². The first-order valence-electron chi connectivity index (χ1n) is 7.72. The first-order valence-corrected chi connectivity index (χ1v) is 7.72. The van der Waals surface area contributed by atoms with Crippen molar-refractivity contribution in [1.29, 1.82) is 0 Å². The third kappa shape index (κ3) is 3.20. The Labute approximate surface area is 130 Å². The van der Waals surface area contributed by atoms with Crippen LogP contribution < -0.4 is 0 Å². The van der Waals surface area contributed by atoms with E-state index in [2.05, 4.69) is 22.3 Å². The number of aromatic nitrogens is 2. The number of amides is 1. The van der Waals surface area contributed by atoms with Crippen LogP contribution in [0.4, 0.5) is 0 Å². The molecule has 0 aliphatic carbocycles. The number of benzene rings is 1. The van der Waals surface area contributed by atoms with Gasteiger partial charge in [-0.25, -0.2) is 0 Å². The number of aliphatic hydroxyl groups is 1. The highest BCUT2D eigenvalue weighted by Gasteiger charge is 2.26. The van der Waals surface area contributed by atoms with Gasteiger partial charge in [-0.3, -0.25) is 9.89 Å². The lowest BCUT2D eigenvalue weighted by Crippen LogP contribution is -2.40. The van der Waals surface area contributed by atoms with Crippen LogP contribution in [0.3, 0.4) is 0 Å². The van der Waals surface area contributed by atoms with E-state index in [4.69, 9.17) is 5.11 Å². The number of hydrogen-bond acceptors (Lipinski definition) is 3. The SMILES string of the molecule is O=C(CO)N1CCCC(c2[nH]ncc2Cc2ccccc2)C1. The second kappa shape index (κ2) is 6.75. The maximum atomic E-state index is 11.7. The summed E-state index contributed by atoms with van der Waals surface area (Å²) in [5.74, 6) is 0.0827.